The molecule has 0 aliphatic rings. The average Bonchev–Trinajstić information content (AvgIpc) is 2.53. The van der Waals surface area contributed by atoms with E-state index in [2.05, 4.69) is 24.1 Å². The van der Waals surface area contributed by atoms with Crippen molar-refractivity contribution in [3.8, 4) is 0 Å². The molecule has 1 amide bonds. The Morgan fingerprint density at radius 2 is 1.91 bits per heavy atom. The Morgan fingerprint density at radius 3 is 2.43 bits per heavy atom. The molecule has 0 unspecified atom stereocenters. The molecule has 2 rings (SSSR count). The minimum absolute atomic E-state index is 0.202. The van der Waals surface area contributed by atoms with Gasteiger partial charge in [-0.2, -0.15) is 0 Å². The second-order valence-corrected chi connectivity index (χ2v) is 5.99. The highest BCUT2D eigenvalue weighted by molar-refractivity contribution is 5.85. The van der Waals surface area contributed by atoms with Crippen molar-refractivity contribution < 1.29 is 14.3 Å². The first-order valence-corrected chi connectivity index (χ1v) is 7.22. The highest BCUT2D eigenvalue weighted by Gasteiger charge is 2.20. The molecule has 122 valence electrons. The van der Waals surface area contributed by atoms with Gasteiger partial charge in [-0.1, -0.05) is 26.0 Å². The zero-order chi connectivity index (χ0) is 17.0. The summed E-state index contributed by atoms with van der Waals surface area (Å²) < 4.78 is 13.0. The van der Waals surface area contributed by atoms with Crippen LogP contribution in [0.15, 0.2) is 42.6 Å². The summed E-state index contributed by atoms with van der Waals surface area (Å²) in [5.74, 6) is 0.403. The van der Waals surface area contributed by atoms with Crippen molar-refractivity contribution in [2.45, 2.75) is 19.3 Å². The van der Waals surface area contributed by atoms with E-state index in [0.29, 0.717) is 18.1 Å². The number of hydrogen-bond donors (Lipinski definition) is 2. The van der Waals surface area contributed by atoms with Crippen LogP contribution in [0.4, 0.5) is 20.7 Å². The number of halogens is 1. The normalized spacial score (nSPS) is 11.1. The maximum atomic E-state index is 13.0. The van der Waals surface area contributed by atoms with Gasteiger partial charge in [-0.05, 0) is 29.8 Å². The van der Waals surface area contributed by atoms with E-state index in [1.807, 2.05) is 0 Å². The zero-order valence-corrected chi connectivity index (χ0v) is 13.4. The van der Waals surface area contributed by atoms with Crippen LogP contribution in [0.3, 0.4) is 0 Å². The van der Waals surface area contributed by atoms with E-state index in [1.54, 1.807) is 24.3 Å². The van der Waals surface area contributed by atoms with Crippen molar-refractivity contribution in [3.63, 3.8) is 0 Å². The lowest BCUT2D eigenvalue weighted by atomic mass is 9.84. The number of anilines is 2. The Balaban J connectivity index is 2.02. The summed E-state index contributed by atoms with van der Waals surface area (Å²) in [6.07, 6.45) is 0.464. The first-order chi connectivity index (χ1) is 10.8. The number of nitrogens with one attached hydrogen (secondary N) is 1. The van der Waals surface area contributed by atoms with Crippen LogP contribution in [-0.4, -0.2) is 29.8 Å². The summed E-state index contributed by atoms with van der Waals surface area (Å²) in [6.45, 7) is 4.72. The van der Waals surface area contributed by atoms with Gasteiger partial charge in [0.2, 0.25) is 0 Å². The number of hydrogen-bond acceptors (Lipinski definition) is 3. The van der Waals surface area contributed by atoms with Gasteiger partial charge in [0.1, 0.15) is 11.6 Å². The minimum Gasteiger partial charge on any atom is -0.465 e. The van der Waals surface area contributed by atoms with Crippen LogP contribution in [0.2, 0.25) is 0 Å². The summed E-state index contributed by atoms with van der Waals surface area (Å²) in [6, 6.07) is 9.87. The van der Waals surface area contributed by atoms with E-state index in [1.165, 1.54) is 25.4 Å². The van der Waals surface area contributed by atoms with E-state index < -0.39 is 6.09 Å². The van der Waals surface area contributed by atoms with Gasteiger partial charge in [-0.3, -0.25) is 4.90 Å². The first kappa shape index (κ1) is 16.7. The van der Waals surface area contributed by atoms with Crippen molar-refractivity contribution in [2.24, 2.45) is 0 Å². The van der Waals surface area contributed by atoms with Crippen LogP contribution in [0.1, 0.15) is 19.4 Å². The Kier molecular flexibility index (Phi) is 4.83. The van der Waals surface area contributed by atoms with Crippen molar-refractivity contribution in [2.75, 3.05) is 23.8 Å². The molecule has 0 aliphatic carbocycles. The van der Waals surface area contributed by atoms with Crippen LogP contribution in [0.25, 0.3) is 0 Å². The zero-order valence-electron chi connectivity index (χ0n) is 13.4. The van der Waals surface area contributed by atoms with Gasteiger partial charge in [0.25, 0.3) is 0 Å². The summed E-state index contributed by atoms with van der Waals surface area (Å²) >= 11 is 0. The number of aromatic nitrogens is 1. The largest absolute Gasteiger partial charge is 0.465 e. The van der Waals surface area contributed by atoms with E-state index in [-0.39, 0.29) is 11.2 Å². The number of carbonyl (C=O) groups is 1. The molecule has 0 saturated heterocycles. The van der Waals surface area contributed by atoms with Crippen LogP contribution < -0.4 is 10.2 Å². The van der Waals surface area contributed by atoms with Crippen LogP contribution >= 0.6 is 0 Å². The summed E-state index contributed by atoms with van der Waals surface area (Å²) in [4.78, 5) is 16.2. The fraction of sp³-hybridized carbons (Fsp3) is 0.294. The number of amides is 1. The molecule has 5 nitrogen and oxygen atoms in total. The molecule has 1 heterocycles. The Morgan fingerprint density at radius 1 is 1.26 bits per heavy atom. The lowest BCUT2D eigenvalue weighted by molar-refractivity contribution is 0.203. The molecule has 0 fully saturated rings. The third kappa shape index (κ3) is 4.18. The smallest absolute Gasteiger partial charge is 0.411 e. The monoisotopic (exact) mass is 317 g/mol. The molecule has 0 aliphatic heterocycles. The molecule has 6 heteroatoms. The Labute approximate surface area is 134 Å². The maximum Gasteiger partial charge on any atom is 0.411 e. The molecule has 0 spiro atoms. The SMILES string of the molecule is CN(C(=O)O)c1ccc(NCC(C)(C)c2ccc(F)cc2)nc1. The molecule has 0 atom stereocenters. The molecule has 23 heavy (non-hydrogen) atoms. The van der Waals surface area contributed by atoms with Crippen molar-refractivity contribution in [1.82, 2.24) is 4.98 Å². The third-order valence-electron chi connectivity index (χ3n) is 3.76. The van der Waals surface area contributed by atoms with Gasteiger partial charge in [-0.25, -0.2) is 14.2 Å². The lowest BCUT2D eigenvalue weighted by Crippen LogP contribution is -2.28. The van der Waals surface area contributed by atoms with Gasteiger partial charge in [0, 0.05) is 19.0 Å². The van der Waals surface area contributed by atoms with E-state index in [0.717, 1.165) is 10.5 Å². The van der Waals surface area contributed by atoms with Crippen molar-refractivity contribution in [3.05, 3.63) is 54.0 Å². The van der Waals surface area contributed by atoms with Crippen LogP contribution in [0.5, 0.6) is 0 Å². The highest BCUT2D eigenvalue weighted by Crippen LogP contribution is 2.24. The lowest BCUT2D eigenvalue weighted by Gasteiger charge is -2.26. The molecule has 2 aromatic rings. The summed E-state index contributed by atoms with van der Waals surface area (Å²) in [5, 5.41) is 12.1. The predicted octanol–water partition coefficient (Wildman–Crippen LogP) is 3.72. The number of rotatable bonds is 5. The maximum absolute atomic E-state index is 13.0. The molecular weight excluding hydrogens is 297 g/mol. The highest BCUT2D eigenvalue weighted by atomic mass is 19.1. The molecule has 2 N–H and O–H groups in total. The molecule has 1 aromatic heterocycles. The Hall–Kier alpha value is -2.63. The second kappa shape index (κ2) is 6.64. The van der Waals surface area contributed by atoms with Crippen molar-refractivity contribution in [1.29, 1.82) is 0 Å². The number of benzene rings is 1. The van der Waals surface area contributed by atoms with Crippen LogP contribution in [0, 0.1) is 5.82 Å². The van der Waals surface area contributed by atoms with Gasteiger partial charge in [-0.15, -0.1) is 0 Å². The summed E-state index contributed by atoms with van der Waals surface area (Å²) in [7, 11) is 1.46. The number of nitrogens with zero attached hydrogens (tertiary/aromatic N) is 2. The predicted molar refractivity (Wildman–Crippen MR) is 88.6 cm³/mol. The number of carboxylic acid groups (broad SMARTS) is 1. The van der Waals surface area contributed by atoms with E-state index in [4.69, 9.17) is 5.11 Å². The van der Waals surface area contributed by atoms with Gasteiger partial charge >= 0.3 is 6.09 Å². The number of pyridine rings is 1. The van der Waals surface area contributed by atoms with Gasteiger partial charge in [0.15, 0.2) is 0 Å². The summed E-state index contributed by atoms with van der Waals surface area (Å²) in [5.41, 5.74) is 1.32. The molecule has 0 bridgehead atoms. The minimum atomic E-state index is -1.04. The van der Waals surface area contributed by atoms with Crippen LogP contribution in [-0.2, 0) is 5.41 Å². The molecule has 1 aromatic carbocycles. The second-order valence-electron chi connectivity index (χ2n) is 5.99. The van der Waals surface area contributed by atoms with Gasteiger partial charge < -0.3 is 10.4 Å². The molecule has 0 radical (unpaired) electrons. The first-order valence-electron chi connectivity index (χ1n) is 7.22. The fourth-order valence-corrected chi connectivity index (χ4v) is 2.11. The van der Waals surface area contributed by atoms with E-state index in [9.17, 15) is 9.18 Å². The van der Waals surface area contributed by atoms with Crippen molar-refractivity contribution >= 4 is 17.6 Å². The van der Waals surface area contributed by atoms with Gasteiger partial charge in [0.05, 0.1) is 11.9 Å². The third-order valence-corrected chi connectivity index (χ3v) is 3.76. The standard InChI is InChI=1S/C17H20FN3O2/c1-17(2,12-4-6-13(18)7-5-12)11-20-15-9-8-14(10-19-15)21(3)16(22)23/h4-10H,11H2,1-3H3,(H,19,20)(H,22,23). The quantitative estimate of drug-likeness (QED) is 0.882. The topological polar surface area (TPSA) is 65.5 Å². The fourth-order valence-electron chi connectivity index (χ4n) is 2.11. The average molecular weight is 317 g/mol. The van der Waals surface area contributed by atoms with E-state index >= 15 is 0 Å². The Bertz CT molecular complexity index is 669. The molecular formula is C17H20FN3O2. The molecule has 0 saturated carbocycles.